The van der Waals surface area contributed by atoms with Gasteiger partial charge in [0, 0.05) is 30.0 Å². The van der Waals surface area contributed by atoms with Crippen molar-refractivity contribution in [2.75, 3.05) is 23.1 Å². The number of rotatable bonds is 7. The molecule has 1 amide bonds. The Bertz CT molecular complexity index is 1400. The molecule has 178 valence electrons. The first kappa shape index (κ1) is 23.9. The molecule has 1 aliphatic rings. The summed E-state index contributed by atoms with van der Waals surface area (Å²) in [5, 5.41) is 2.68. The first-order valence-electron chi connectivity index (χ1n) is 10.8. The van der Waals surface area contributed by atoms with Crippen LogP contribution in [0.2, 0.25) is 0 Å². The van der Waals surface area contributed by atoms with Crippen LogP contribution in [-0.2, 0) is 20.0 Å². The van der Waals surface area contributed by atoms with Gasteiger partial charge in [-0.3, -0.25) is 9.52 Å². The topological polar surface area (TPSA) is 113 Å². The van der Waals surface area contributed by atoms with Crippen LogP contribution >= 0.6 is 0 Å². The van der Waals surface area contributed by atoms with Crippen LogP contribution in [0.5, 0.6) is 0 Å². The number of carbonyl (C=O) groups excluding carboxylic acids is 1. The van der Waals surface area contributed by atoms with E-state index in [0.717, 1.165) is 18.4 Å². The zero-order valence-electron chi connectivity index (χ0n) is 18.6. The van der Waals surface area contributed by atoms with Gasteiger partial charge in [-0.1, -0.05) is 23.8 Å². The van der Waals surface area contributed by atoms with E-state index in [4.69, 9.17) is 0 Å². The van der Waals surface area contributed by atoms with E-state index in [0.29, 0.717) is 24.5 Å². The second kappa shape index (κ2) is 9.57. The molecule has 0 unspecified atom stereocenters. The molecular weight excluding hydrogens is 474 g/mol. The minimum atomic E-state index is -3.81. The lowest BCUT2D eigenvalue weighted by atomic mass is 10.2. The number of carbonyl (C=O) groups is 1. The summed E-state index contributed by atoms with van der Waals surface area (Å²) < 4.78 is 54.7. The summed E-state index contributed by atoms with van der Waals surface area (Å²) in [4.78, 5) is 12.8. The molecule has 3 aromatic rings. The maximum atomic E-state index is 12.8. The molecule has 1 fully saturated rings. The fourth-order valence-electron chi connectivity index (χ4n) is 3.64. The zero-order chi connectivity index (χ0) is 24.3. The second-order valence-electron chi connectivity index (χ2n) is 8.09. The van der Waals surface area contributed by atoms with E-state index in [1.165, 1.54) is 40.7 Å². The number of anilines is 2. The summed E-state index contributed by atoms with van der Waals surface area (Å²) in [6.07, 6.45) is 1.67. The van der Waals surface area contributed by atoms with Crippen LogP contribution in [0.4, 0.5) is 11.4 Å². The molecule has 0 aromatic heterocycles. The number of sulfonamides is 2. The Morgan fingerprint density at radius 2 is 1.44 bits per heavy atom. The number of amides is 1. The highest BCUT2D eigenvalue weighted by Gasteiger charge is 2.27. The first-order valence-corrected chi connectivity index (χ1v) is 13.7. The van der Waals surface area contributed by atoms with Crippen LogP contribution in [0.1, 0.15) is 28.8 Å². The maximum absolute atomic E-state index is 12.8. The second-order valence-corrected chi connectivity index (χ2v) is 11.7. The van der Waals surface area contributed by atoms with Gasteiger partial charge in [0.25, 0.3) is 15.9 Å². The number of benzene rings is 3. The van der Waals surface area contributed by atoms with E-state index in [2.05, 4.69) is 10.0 Å². The maximum Gasteiger partial charge on any atom is 0.261 e. The third-order valence-corrected chi connectivity index (χ3v) is 8.82. The van der Waals surface area contributed by atoms with E-state index in [-0.39, 0.29) is 15.4 Å². The van der Waals surface area contributed by atoms with Gasteiger partial charge in [-0.15, -0.1) is 0 Å². The Balaban J connectivity index is 1.46. The molecule has 0 saturated carbocycles. The SMILES string of the molecule is Cc1ccc(NS(=O)(=O)c2ccc(C(=O)Nc3cccc(S(=O)(=O)N4CCCC4)c3)cc2)cc1. The van der Waals surface area contributed by atoms with Gasteiger partial charge in [0.1, 0.15) is 0 Å². The van der Waals surface area contributed by atoms with E-state index in [1.54, 1.807) is 36.4 Å². The minimum Gasteiger partial charge on any atom is -0.322 e. The van der Waals surface area contributed by atoms with Gasteiger partial charge in [0.2, 0.25) is 10.0 Å². The van der Waals surface area contributed by atoms with Gasteiger partial charge in [0.05, 0.1) is 9.79 Å². The number of nitrogens with one attached hydrogen (secondary N) is 2. The van der Waals surface area contributed by atoms with Crippen LogP contribution < -0.4 is 10.0 Å². The van der Waals surface area contributed by atoms with Crippen molar-refractivity contribution >= 4 is 37.3 Å². The third kappa shape index (κ3) is 5.30. The summed E-state index contributed by atoms with van der Waals surface area (Å²) in [5.41, 5.74) is 2.03. The molecule has 0 bridgehead atoms. The van der Waals surface area contributed by atoms with Crippen molar-refractivity contribution in [3.8, 4) is 0 Å². The van der Waals surface area contributed by atoms with Crippen LogP contribution in [-0.4, -0.2) is 40.1 Å². The highest BCUT2D eigenvalue weighted by atomic mass is 32.2. The fraction of sp³-hybridized carbons (Fsp3) is 0.208. The molecule has 1 saturated heterocycles. The van der Waals surface area contributed by atoms with Crippen molar-refractivity contribution in [2.45, 2.75) is 29.6 Å². The summed E-state index contributed by atoms with van der Waals surface area (Å²) in [5.74, 6) is -0.480. The summed E-state index contributed by atoms with van der Waals surface area (Å²) in [6.45, 7) is 2.89. The number of nitrogens with zero attached hydrogens (tertiary/aromatic N) is 1. The Labute approximate surface area is 199 Å². The molecule has 2 N–H and O–H groups in total. The van der Waals surface area contributed by atoms with E-state index in [1.807, 2.05) is 6.92 Å². The summed E-state index contributed by atoms with van der Waals surface area (Å²) in [6, 6.07) is 18.6. The first-order chi connectivity index (χ1) is 16.1. The lowest BCUT2D eigenvalue weighted by Gasteiger charge is -2.16. The predicted molar refractivity (Wildman–Crippen MR) is 131 cm³/mol. The fourth-order valence-corrected chi connectivity index (χ4v) is 6.26. The van der Waals surface area contributed by atoms with Gasteiger partial charge < -0.3 is 5.32 Å². The van der Waals surface area contributed by atoms with Crippen molar-refractivity contribution in [2.24, 2.45) is 0 Å². The predicted octanol–water partition coefficient (Wildman–Crippen LogP) is 3.83. The standard InChI is InChI=1S/C24H25N3O5S2/c1-18-7-11-20(12-8-18)26-33(29,30)22-13-9-19(10-14-22)24(28)25-21-5-4-6-23(17-21)34(31,32)27-15-2-3-16-27/h4-14,17,26H,2-3,15-16H2,1H3,(H,25,28). The van der Waals surface area contributed by atoms with Crippen LogP contribution in [0.3, 0.4) is 0 Å². The highest BCUT2D eigenvalue weighted by molar-refractivity contribution is 7.92. The Morgan fingerprint density at radius 1 is 0.794 bits per heavy atom. The Hall–Kier alpha value is -3.21. The van der Waals surface area contributed by atoms with E-state index in [9.17, 15) is 21.6 Å². The van der Waals surface area contributed by atoms with Crippen molar-refractivity contribution in [1.82, 2.24) is 4.31 Å². The molecule has 34 heavy (non-hydrogen) atoms. The van der Waals surface area contributed by atoms with Crippen molar-refractivity contribution < 1.29 is 21.6 Å². The smallest absolute Gasteiger partial charge is 0.261 e. The Kier molecular flexibility index (Phi) is 6.74. The van der Waals surface area contributed by atoms with E-state index >= 15 is 0 Å². The van der Waals surface area contributed by atoms with Crippen molar-refractivity contribution in [1.29, 1.82) is 0 Å². The van der Waals surface area contributed by atoms with Crippen LogP contribution in [0.25, 0.3) is 0 Å². The molecule has 1 aliphatic heterocycles. The molecule has 8 nitrogen and oxygen atoms in total. The highest BCUT2D eigenvalue weighted by Crippen LogP contribution is 2.24. The number of aryl methyl sites for hydroxylation is 1. The third-order valence-electron chi connectivity index (χ3n) is 5.53. The van der Waals surface area contributed by atoms with Crippen molar-refractivity contribution in [3.05, 3.63) is 83.9 Å². The molecule has 1 heterocycles. The summed E-state index contributed by atoms with van der Waals surface area (Å²) >= 11 is 0. The monoisotopic (exact) mass is 499 g/mol. The summed E-state index contributed by atoms with van der Waals surface area (Å²) in [7, 11) is -7.41. The molecule has 10 heteroatoms. The lowest BCUT2D eigenvalue weighted by Crippen LogP contribution is -2.27. The molecule has 3 aromatic carbocycles. The largest absolute Gasteiger partial charge is 0.322 e. The van der Waals surface area contributed by atoms with Gasteiger partial charge in [-0.25, -0.2) is 16.8 Å². The lowest BCUT2D eigenvalue weighted by molar-refractivity contribution is 0.102. The molecule has 4 rings (SSSR count). The van der Waals surface area contributed by atoms with Gasteiger partial charge in [-0.05, 0) is 74.4 Å². The molecule has 0 atom stereocenters. The average Bonchev–Trinajstić information content (AvgIpc) is 3.37. The molecule has 0 radical (unpaired) electrons. The average molecular weight is 500 g/mol. The minimum absolute atomic E-state index is 0.0170. The normalized spacial score (nSPS) is 14.6. The Morgan fingerprint density at radius 3 is 2.09 bits per heavy atom. The number of hydrogen-bond donors (Lipinski definition) is 2. The zero-order valence-corrected chi connectivity index (χ0v) is 20.2. The molecule has 0 aliphatic carbocycles. The quantitative estimate of drug-likeness (QED) is 0.513. The van der Waals surface area contributed by atoms with E-state index < -0.39 is 26.0 Å². The van der Waals surface area contributed by atoms with Crippen molar-refractivity contribution in [3.63, 3.8) is 0 Å². The van der Waals surface area contributed by atoms with Crippen LogP contribution in [0.15, 0.2) is 82.6 Å². The molecular formula is C24H25N3O5S2. The van der Waals surface area contributed by atoms with Gasteiger partial charge in [-0.2, -0.15) is 4.31 Å². The number of hydrogen-bond acceptors (Lipinski definition) is 5. The van der Waals surface area contributed by atoms with Gasteiger partial charge >= 0.3 is 0 Å². The molecule has 0 spiro atoms. The van der Waals surface area contributed by atoms with Gasteiger partial charge in [0.15, 0.2) is 0 Å². The van der Waals surface area contributed by atoms with Crippen LogP contribution in [0, 0.1) is 6.92 Å².